The van der Waals surface area contributed by atoms with Crippen molar-refractivity contribution >= 4 is 0 Å². The molecule has 0 aromatic heterocycles. The molecule has 0 fully saturated rings. The summed E-state index contributed by atoms with van der Waals surface area (Å²) in [7, 11) is 0. The highest BCUT2D eigenvalue weighted by Gasteiger charge is 2.46. The summed E-state index contributed by atoms with van der Waals surface area (Å²) in [6.07, 6.45) is -4.61. The van der Waals surface area contributed by atoms with Crippen molar-refractivity contribution in [2.45, 2.75) is 36.8 Å². The largest absolute Gasteiger partial charge is 0.508 e. The lowest BCUT2D eigenvalue weighted by molar-refractivity contribution is 0.00124. The van der Waals surface area contributed by atoms with Gasteiger partial charge in [-0.15, -0.1) is 0 Å². The second-order valence-electron chi connectivity index (χ2n) is 10.0. The molecule has 0 spiro atoms. The fourth-order valence-electron chi connectivity index (χ4n) is 5.60. The first kappa shape index (κ1) is 25.5. The number of benzene rings is 4. The summed E-state index contributed by atoms with van der Waals surface area (Å²) < 4.78 is 12.3. The van der Waals surface area contributed by atoms with Crippen molar-refractivity contribution in [3.8, 4) is 46.0 Å². The second kappa shape index (κ2) is 9.44. The van der Waals surface area contributed by atoms with Crippen molar-refractivity contribution in [2.75, 3.05) is 0 Å². The number of aliphatic hydroxyl groups is 2. The maximum Gasteiger partial charge on any atom is 0.150 e. The number of fused-ring (bicyclic) bond motifs is 2. The first-order valence-electron chi connectivity index (χ1n) is 12.5. The van der Waals surface area contributed by atoms with Crippen molar-refractivity contribution in [3.63, 3.8) is 0 Å². The minimum atomic E-state index is -1.44. The molecule has 0 aliphatic carbocycles. The lowest BCUT2D eigenvalue weighted by Crippen LogP contribution is -2.36. The summed E-state index contributed by atoms with van der Waals surface area (Å²) in [5.74, 6) is -2.59. The number of aliphatic hydroxyl groups excluding tert-OH is 2. The quantitative estimate of drug-likeness (QED) is 0.189. The summed E-state index contributed by atoms with van der Waals surface area (Å²) >= 11 is 0. The molecule has 0 bridgehead atoms. The first-order chi connectivity index (χ1) is 19.1. The first-order valence-corrected chi connectivity index (χ1v) is 12.5. The zero-order valence-corrected chi connectivity index (χ0v) is 20.8. The maximum absolute atomic E-state index is 11.7. The van der Waals surface area contributed by atoms with Gasteiger partial charge >= 0.3 is 0 Å². The molecule has 6 rings (SSSR count). The number of hydrogen-bond donors (Lipinski definition) is 8. The van der Waals surface area contributed by atoms with E-state index in [1.54, 1.807) is 24.3 Å². The van der Waals surface area contributed by atoms with E-state index in [0.717, 1.165) is 12.1 Å². The number of rotatable bonds is 3. The second-order valence-corrected chi connectivity index (χ2v) is 10.0. The zero-order chi connectivity index (χ0) is 28.3. The molecule has 0 saturated heterocycles. The molecular formula is C30H26O10. The molecule has 4 aromatic rings. The Kier molecular flexibility index (Phi) is 6.01. The van der Waals surface area contributed by atoms with Crippen molar-refractivity contribution in [3.05, 3.63) is 94.5 Å². The maximum atomic E-state index is 11.7. The van der Waals surface area contributed by atoms with Crippen LogP contribution in [0.3, 0.4) is 0 Å². The van der Waals surface area contributed by atoms with E-state index in [4.69, 9.17) is 9.47 Å². The van der Waals surface area contributed by atoms with Gasteiger partial charge in [0.25, 0.3) is 0 Å². The molecule has 10 heteroatoms. The van der Waals surface area contributed by atoms with Crippen LogP contribution in [0.4, 0.5) is 0 Å². The minimum absolute atomic E-state index is 0.00114. The monoisotopic (exact) mass is 546 g/mol. The summed E-state index contributed by atoms with van der Waals surface area (Å²) in [5.41, 5.74) is 1.28. The van der Waals surface area contributed by atoms with Gasteiger partial charge in [0, 0.05) is 41.3 Å². The fraction of sp³-hybridized carbons (Fsp3) is 0.200. The Bertz CT molecular complexity index is 1580. The molecule has 0 unspecified atom stereocenters. The average Bonchev–Trinajstić information content (AvgIpc) is 2.91. The smallest absolute Gasteiger partial charge is 0.150 e. The molecular weight excluding hydrogens is 520 g/mol. The topological polar surface area (TPSA) is 180 Å². The van der Waals surface area contributed by atoms with Gasteiger partial charge in [-0.2, -0.15) is 0 Å². The molecule has 2 heterocycles. The van der Waals surface area contributed by atoms with E-state index in [1.807, 2.05) is 0 Å². The van der Waals surface area contributed by atoms with Gasteiger partial charge in [-0.1, -0.05) is 24.3 Å². The standard InChI is InChI=1S/C30H26O10/c31-15-5-1-13(2-6-15)28-22(37)11-18-19(34)12-21(36)25(30(18)40-28)26-24-20(35)9-17(33)10-23(24)39-29(27(26)38)14-3-7-16(32)8-4-14/h1-10,12,22,26-29,31-38H,11H2/t22-,26-,27+,28+,29-/m1/s1. The van der Waals surface area contributed by atoms with Crippen LogP contribution in [-0.4, -0.2) is 53.1 Å². The van der Waals surface area contributed by atoms with Crippen LogP contribution in [0.2, 0.25) is 0 Å². The Morgan fingerprint density at radius 1 is 0.575 bits per heavy atom. The molecule has 206 valence electrons. The highest BCUT2D eigenvalue weighted by Crippen LogP contribution is 2.57. The molecule has 10 nitrogen and oxygen atoms in total. The van der Waals surface area contributed by atoms with Gasteiger partial charge in [0.1, 0.15) is 58.2 Å². The molecule has 8 N–H and O–H groups in total. The van der Waals surface area contributed by atoms with E-state index in [1.165, 1.54) is 30.3 Å². The van der Waals surface area contributed by atoms with E-state index < -0.39 is 41.8 Å². The Morgan fingerprint density at radius 2 is 1.15 bits per heavy atom. The van der Waals surface area contributed by atoms with E-state index in [9.17, 15) is 40.9 Å². The van der Waals surface area contributed by atoms with Gasteiger partial charge < -0.3 is 50.3 Å². The predicted octanol–water partition coefficient (Wildman–Crippen LogP) is 3.58. The van der Waals surface area contributed by atoms with Gasteiger partial charge in [0.15, 0.2) is 6.10 Å². The van der Waals surface area contributed by atoms with Crippen LogP contribution in [0.15, 0.2) is 66.7 Å². The summed E-state index contributed by atoms with van der Waals surface area (Å²) in [6, 6.07) is 15.4. The molecule has 0 amide bonds. The summed E-state index contributed by atoms with van der Waals surface area (Å²) in [5, 5.41) is 85.1. The van der Waals surface area contributed by atoms with Crippen LogP contribution < -0.4 is 9.47 Å². The Hall–Kier alpha value is -4.80. The molecule has 2 aliphatic heterocycles. The van der Waals surface area contributed by atoms with Gasteiger partial charge in [-0.3, -0.25) is 0 Å². The number of hydrogen-bond acceptors (Lipinski definition) is 10. The van der Waals surface area contributed by atoms with E-state index in [2.05, 4.69) is 0 Å². The normalized spacial score (nSPS) is 23.4. The number of phenolic OH excluding ortho intramolecular Hbond substituents is 6. The molecule has 0 saturated carbocycles. The fourth-order valence-corrected chi connectivity index (χ4v) is 5.60. The Labute approximate surface area is 227 Å². The van der Waals surface area contributed by atoms with Crippen LogP contribution in [0.1, 0.15) is 45.9 Å². The van der Waals surface area contributed by atoms with E-state index in [-0.39, 0.29) is 57.6 Å². The number of ether oxygens (including phenoxy) is 2. The van der Waals surface area contributed by atoms with Crippen molar-refractivity contribution < 1.29 is 50.3 Å². The van der Waals surface area contributed by atoms with Crippen molar-refractivity contribution in [2.24, 2.45) is 0 Å². The van der Waals surface area contributed by atoms with E-state index in [0.29, 0.717) is 11.1 Å². The third kappa shape index (κ3) is 4.14. The lowest BCUT2D eigenvalue weighted by Gasteiger charge is -2.40. The van der Waals surface area contributed by atoms with Crippen LogP contribution >= 0.6 is 0 Å². The van der Waals surface area contributed by atoms with Gasteiger partial charge in [0.05, 0.1) is 12.0 Å². The highest BCUT2D eigenvalue weighted by atomic mass is 16.5. The number of aromatic hydroxyl groups is 6. The van der Waals surface area contributed by atoms with Crippen LogP contribution in [0, 0.1) is 0 Å². The van der Waals surface area contributed by atoms with Gasteiger partial charge in [-0.25, -0.2) is 0 Å². The molecule has 2 aliphatic rings. The molecule has 4 aromatic carbocycles. The molecule has 5 atom stereocenters. The van der Waals surface area contributed by atoms with Gasteiger partial charge in [-0.05, 0) is 35.4 Å². The van der Waals surface area contributed by atoms with Crippen LogP contribution in [-0.2, 0) is 6.42 Å². The molecule has 40 heavy (non-hydrogen) atoms. The molecule has 0 radical (unpaired) electrons. The highest BCUT2D eigenvalue weighted by molar-refractivity contribution is 5.65. The van der Waals surface area contributed by atoms with E-state index >= 15 is 0 Å². The minimum Gasteiger partial charge on any atom is -0.508 e. The third-order valence-electron chi connectivity index (χ3n) is 7.46. The van der Waals surface area contributed by atoms with Crippen LogP contribution in [0.5, 0.6) is 46.0 Å². The SMILES string of the molecule is Oc1ccc([C@H]2Oc3cc(O)cc(O)c3[C@H](c3c(O)cc(O)c4c3O[C@@H](c3ccc(O)cc3)[C@H](O)C4)[C@@H]2O)cc1. The van der Waals surface area contributed by atoms with Crippen LogP contribution in [0.25, 0.3) is 0 Å². The average molecular weight is 547 g/mol. The Morgan fingerprint density at radius 3 is 1.77 bits per heavy atom. The van der Waals surface area contributed by atoms with Gasteiger partial charge in [0.2, 0.25) is 0 Å². The number of phenols is 6. The Balaban J connectivity index is 1.55. The summed E-state index contributed by atoms with van der Waals surface area (Å²) in [4.78, 5) is 0. The van der Waals surface area contributed by atoms with Crippen molar-refractivity contribution in [1.82, 2.24) is 0 Å². The lowest BCUT2D eigenvalue weighted by atomic mass is 9.77. The predicted molar refractivity (Wildman–Crippen MR) is 140 cm³/mol. The summed E-state index contributed by atoms with van der Waals surface area (Å²) in [6.45, 7) is 0. The zero-order valence-electron chi connectivity index (χ0n) is 20.8. The van der Waals surface area contributed by atoms with Crippen molar-refractivity contribution in [1.29, 1.82) is 0 Å². The third-order valence-corrected chi connectivity index (χ3v) is 7.46.